The van der Waals surface area contributed by atoms with E-state index in [4.69, 9.17) is 0 Å². The van der Waals surface area contributed by atoms with Gasteiger partial charge >= 0.3 is 0 Å². The maximum Gasteiger partial charge on any atom is 0.270 e. The van der Waals surface area contributed by atoms with E-state index in [2.05, 4.69) is 26.6 Å². The Hall–Kier alpha value is -1.18. The first kappa shape index (κ1) is 19.8. The van der Waals surface area contributed by atoms with Crippen molar-refractivity contribution in [2.75, 3.05) is 13.1 Å². The highest BCUT2D eigenvalue weighted by atomic mass is 79.9. The van der Waals surface area contributed by atoms with E-state index in [0.717, 1.165) is 12.1 Å². The van der Waals surface area contributed by atoms with Crippen LogP contribution in [0.2, 0.25) is 0 Å². The average Bonchev–Trinajstić information content (AvgIpc) is 2.39. The Labute approximate surface area is 138 Å². The van der Waals surface area contributed by atoms with Crippen molar-refractivity contribution in [1.29, 1.82) is 0 Å². The smallest absolute Gasteiger partial charge is 0.270 e. The van der Waals surface area contributed by atoms with Crippen molar-refractivity contribution < 1.29 is 9.72 Å². The quantitative estimate of drug-likeness (QED) is 0.562. The van der Waals surface area contributed by atoms with Gasteiger partial charge in [-0.25, -0.2) is 0 Å². The first-order valence-corrected chi connectivity index (χ1v) is 7.16. The van der Waals surface area contributed by atoms with Crippen LogP contribution in [0.1, 0.15) is 19.4 Å². The molecular formula is C13H19BrClN3O3. The number of rotatable bonds is 7. The minimum Gasteiger partial charge on any atom is -0.354 e. The lowest BCUT2D eigenvalue weighted by Gasteiger charge is -2.13. The number of amides is 1. The molecule has 0 heterocycles. The van der Waals surface area contributed by atoms with Crippen LogP contribution in [0.5, 0.6) is 0 Å². The van der Waals surface area contributed by atoms with Gasteiger partial charge in [-0.3, -0.25) is 14.9 Å². The molecule has 0 spiro atoms. The van der Waals surface area contributed by atoms with Gasteiger partial charge < -0.3 is 10.6 Å². The number of nitro groups is 1. The number of halogens is 2. The third-order valence-electron chi connectivity index (χ3n) is 2.76. The lowest BCUT2D eigenvalue weighted by molar-refractivity contribution is -0.384. The fourth-order valence-electron chi connectivity index (χ4n) is 1.72. The Balaban J connectivity index is 0.00000400. The zero-order valence-electron chi connectivity index (χ0n) is 11.9. The molecule has 2 N–H and O–H groups in total. The van der Waals surface area contributed by atoms with Crippen LogP contribution in [-0.2, 0) is 11.2 Å². The molecule has 0 saturated heterocycles. The van der Waals surface area contributed by atoms with Gasteiger partial charge in [-0.2, -0.15) is 0 Å². The number of nitrogens with one attached hydrogen (secondary N) is 2. The number of non-ortho nitro benzene ring substituents is 1. The van der Waals surface area contributed by atoms with Crippen LogP contribution in [0.3, 0.4) is 0 Å². The first-order valence-electron chi connectivity index (χ1n) is 6.37. The minimum atomic E-state index is -0.466. The van der Waals surface area contributed by atoms with Crippen molar-refractivity contribution >= 4 is 39.9 Å². The van der Waals surface area contributed by atoms with Gasteiger partial charge in [-0.1, -0.05) is 28.9 Å². The van der Waals surface area contributed by atoms with E-state index in [1.54, 1.807) is 6.07 Å². The molecule has 118 valence electrons. The Morgan fingerprint density at radius 1 is 1.48 bits per heavy atom. The minimum absolute atomic E-state index is 0. The monoisotopic (exact) mass is 379 g/mol. The lowest BCUT2D eigenvalue weighted by atomic mass is 10.1. The van der Waals surface area contributed by atoms with Crippen molar-refractivity contribution in [3.8, 4) is 0 Å². The molecule has 0 saturated carbocycles. The number of hydrogen-bond donors (Lipinski definition) is 2. The van der Waals surface area contributed by atoms with Gasteiger partial charge in [0.2, 0.25) is 5.91 Å². The summed E-state index contributed by atoms with van der Waals surface area (Å²) in [5.41, 5.74) is 0.728. The second-order valence-corrected chi connectivity index (χ2v) is 5.33. The largest absolute Gasteiger partial charge is 0.354 e. The van der Waals surface area contributed by atoms with Gasteiger partial charge in [0.15, 0.2) is 0 Å². The molecule has 1 atom stereocenters. The third-order valence-corrected chi connectivity index (χ3v) is 3.49. The maximum atomic E-state index is 11.8. The zero-order valence-corrected chi connectivity index (χ0v) is 14.3. The van der Waals surface area contributed by atoms with Crippen molar-refractivity contribution in [3.05, 3.63) is 38.3 Å². The van der Waals surface area contributed by atoms with Gasteiger partial charge in [0.05, 0.1) is 11.3 Å². The number of likely N-dealkylation sites (N-methyl/N-ethyl adjacent to an activating group) is 1. The summed E-state index contributed by atoms with van der Waals surface area (Å²) in [5.74, 6) is -0.107. The van der Waals surface area contributed by atoms with Gasteiger partial charge in [-0.05, 0) is 19.0 Å². The van der Waals surface area contributed by atoms with E-state index in [9.17, 15) is 14.9 Å². The molecule has 0 bridgehead atoms. The van der Waals surface area contributed by atoms with Crippen LogP contribution in [0.15, 0.2) is 22.7 Å². The van der Waals surface area contributed by atoms with Crippen LogP contribution >= 0.6 is 28.3 Å². The number of carbonyl (C=O) groups is 1. The fraction of sp³-hybridized carbons (Fsp3) is 0.462. The van der Waals surface area contributed by atoms with E-state index in [-0.39, 0.29) is 36.5 Å². The lowest BCUT2D eigenvalue weighted by Crippen LogP contribution is -2.39. The molecule has 0 unspecified atom stereocenters. The average molecular weight is 381 g/mol. The van der Waals surface area contributed by atoms with Crippen LogP contribution < -0.4 is 10.6 Å². The van der Waals surface area contributed by atoms with E-state index >= 15 is 0 Å². The van der Waals surface area contributed by atoms with E-state index in [0.29, 0.717) is 11.0 Å². The van der Waals surface area contributed by atoms with Crippen LogP contribution in [0, 0.1) is 10.1 Å². The summed E-state index contributed by atoms with van der Waals surface area (Å²) >= 11 is 3.25. The van der Waals surface area contributed by atoms with Crippen molar-refractivity contribution in [1.82, 2.24) is 10.6 Å². The van der Waals surface area contributed by atoms with Crippen molar-refractivity contribution in [2.45, 2.75) is 26.3 Å². The molecule has 21 heavy (non-hydrogen) atoms. The second kappa shape index (κ2) is 9.70. The molecule has 0 aliphatic heterocycles. The molecule has 6 nitrogen and oxygen atoms in total. The SMILES string of the molecule is CCN[C@H](C)CNC(=O)Cc1ccc([N+](=O)[O-])cc1Br.Cl. The summed E-state index contributed by atoms with van der Waals surface area (Å²) < 4.78 is 0.571. The van der Waals surface area contributed by atoms with E-state index < -0.39 is 4.92 Å². The van der Waals surface area contributed by atoms with E-state index in [1.807, 2.05) is 13.8 Å². The Morgan fingerprint density at radius 2 is 2.14 bits per heavy atom. The molecule has 0 aromatic heterocycles. The number of nitrogens with zero attached hydrogens (tertiary/aromatic N) is 1. The molecular weight excluding hydrogens is 362 g/mol. The Morgan fingerprint density at radius 3 is 2.67 bits per heavy atom. The highest BCUT2D eigenvalue weighted by Gasteiger charge is 2.12. The standard InChI is InChI=1S/C13H18BrN3O3.ClH/c1-3-15-9(2)8-16-13(18)6-10-4-5-11(17(19)20)7-12(10)14;/h4-5,7,9,15H,3,6,8H2,1-2H3,(H,16,18);1H/t9-;/m1./s1. The summed E-state index contributed by atoms with van der Waals surface area (Å²) in [7, 11) is 0. The molecule has 1 rings (SSSR count). The van der Waals surface area contributed by atoms with Crippen molar-refractivity contribution in [2.24, 2.45) is 0 Å². The Kier molecular flexibility index (Phi) is 9.16. The maximum absolute atomic E-state index is 11.8. The zero-order chi connectivity index (χ0) is 15.1. The molecule has 1 aromatic carbocycles. The van der Waals surface area contributed by atoms with Gasteiger partial charge in [0, 0.05) is 29.2 Å². The van der Waals surface area contributed by atoms with Crippen LogP contribution in [-0.4, -0.2) is 30.0 Å². The van der Waals surface area contributed by atoms with Gasteiger partial charge in [0.1, 0.15) is 0 Å². The second-order valence-electron chi connectivity index (χ2n) is 4.47. The molecule has 8 heteroatoms. The summed E-state index contributed by atoms with van der Waals surface area (Å²) in [6, 6.07) is 4.61. The molecule has 1 aromatic rings. The summed E-state index contributed by atoms with van der Waals surface area (Å²) in [5, 5.41) is 16.6. The summed E-state index contributed by atoms with van der Waals surface area (Å²) in [6.07, 6.45) is 0.192. The summed E-state index contributed by atoms with van der Waals surface area (Å²) in [6.45, 7) is 5.40. The van der Waals surface area contributed by atoms with Crippen LogP contribution in [0.25, 0.3) is 0 Å². The van der Waals surface area contributed by atoms with Crippen molar-refractivity contribution in [3.63, 3.8) is 0 Å². The van der Waals surface area contributed by atoms with Gasteiger partial charge in [-0.15, -0.1) is 12.4 Å². The normalized spacial score (nSPS) is 11.4. The fourth-order valence-corrected chi connectivity index (χ4v) is 2.22. The number of carbonyl (C=O) groups excluding carboxylic acids is 1. The summed E-state index contributed by atoms with van der Waals surface area (Å²) in [4.78, 5) is 22.0. The Bertz CT molecular complexity index is 500. The topological polar surface area (TPSA) is 84.3 Å². The molecule has 1 amide bonds. The highest BCUT2D eigenvalue weighted by molar-refractivity contribution is 9.10. The van der Waals surface area contributed by atoms with Crippen LogP contribution in [0.4, 0.5) is 5.69 Å². The van der Waals surface area contributed by atoms with E-state index in [1.165, 1.54) is 12.1 Å². The highest BCUT2D eigenvalue weighted by Crippen LogP contribution is 2.23. The number of hydrogen-bond acceptors (Lipinski definition) is 4. The first-order chi connectivity index (χ1) is 9.43. The molecule has 0 aliphatic rings. The van der Waals surface area contributed by atoms with Gasteiger partial charge in [0.25, 0.3) is 5.69 Å². The molecule has 0 aliphatic carbocycles. The number of nitro benzene ring substituents is 1. The predicted molar refractivity (Wildman–Crippen MR) is 87.9 cm³/mol. The predicted octanol–water partition coefficient (Wildman–Crippen LogP) is 2.44. The third kappa shape index (κ3) is 6.88. The number of benzene rings is 1. The molecule has 0 radical (unpaired) electrons. The molecule has 0 fully saturated rings.